The number of anilines is 3. The van der Waals surface area contributed by atoms with Gasteiger partial charge in [-0.1, -0.05) is 133 Å². The summed E-state index contributed by atoms with van der Waals surface area (Å²) in [6, 6.07) is 69.8. The number of hydrogen-bond donors (Lipinski definition) is 0. The molecule has 0 spiro atoms. The quantitative estimate of drug-likeness (QED) is 0.163. The summed E-state index contributed by atoms with van der Waals surface area (Å²) >= 11 is 0. The summed E-state index contributed by atoms with van der Waals surface area (Å²) in [5, 5.41) is 0. The van der Waals surface area contributed by atoms with Crippen LogP contribution in [0.4, 0.5) is 17.1 Å². The van der Waals surface area contributed by atoms with Crippen molar-refractivity contribution in [2.45, 2.75) is 0 Å². The van der Waals surface area contributed by atoms with Gasteiger partial charge in [0.1, 0.15) is 46.0 Å². The molecule has 0 aromatic heterocycles. The van der Waals surface area contributed by atoms with Crippen molar-refractivity contribution in [1.29, 1.82) is 0 Å². The van der Waals surface area contributed by atoms with E-state index in [1.165, 1.54) is 0 Å². The Balaban J connectivity index is 0.996. The Morgan fingerprint density at radius 1 is 0.279 bits per heavy atom. The van der Waals surface area contributed by atoms with Crippen molar-refractivity contribution in [3.05, 3.63) is 200 Å². The normalized spacial score (nSPS) is 13.0. The lowest BCUT2D eigenvalue weighted by Gasteiger charge is -2.37. The maximum absolute atomic E-state index is 7.08. The van der Waals surface area contributed by atoms with Gasteiger partial charge in [-0.2, -0.15) is 0 Å². The third-order valence-corrected chi connectivity index (χ3v) is 12.5. The second-order valence-electron chi connectivity index (χ2n) is 15.9. The molecule has 9 aromatic carbocycles. The molecule has 4 aliphatic rings. The summed E-state index contributed by atoms with van der Waals surface area (Å²) in [5.41, 5.74) is 13.8. The zero-order valence-electron chi connectivity index (χ0n) is 32.8. The van der Waals surface area contributed by atoms with Crippen molar-refractivity contribution in [3.63, 3.8) is 0 Å². The molecule has 61 heavy (non-hydrogen) atoms. The van der Waals surface area contributed by atoms with E-state index in [4.69, 9.17) is 18.9 Å². The zero-order valence-corrected chi connectivity index (χ0v) is 32.8. The van der Waals surface area contributed by atoms with Crippen LogP contribution in [-0.4, -0.2) is 13.4 Å². The van der Waals surface area contributed by atoms with E-state index in [-0.39, 0.29) is 13.4 Å². The Morgan fingerprint density at radius 2 is 0.689 bits per heavy atom. The topological polar surface area (TPSA) is 40.2 Å². The molecule has 0 radical (unpaired) electrons. The molecule has 0 saturated carbocycles. The number of fused-ring (bicyclic) bond motifs is 8. The third-order valence-electron chi connectivity index (χ3n) is 12.5. The summed E-state index contributed by atoms with van der Waals surface area (Å²) in [7, 11) is 0. The highest BCUT2D eigenvalue weighted by Crippen LogP contribution is 2.45. The SMILES string of the molecule is c1ccc(-c2ccccc2-c2cc3c4c(c2)Oc2cc5c(cc2B4c2ccccc2O3)B2c3ccccc3Oc3cc(N(c4ccccc4)c4ccccc4)cc(c32)O5)cc1. The molecule has 9 aromatic rings. The van der Waals surface area contributed by atoms with Crippen LogP contribution in [0.2, 0.25) is 0 Å². The Bertz CT molecular complexity index is 3190. The molecule has 0 atom stereocenters. The minimum atomic E-state index is -0.132. The van der Waals surface area contributed by atoms with Crippen LogP contribution in [0.15, 0.2) is 200 Å². The van der Waals surface area contributed by atoms with E-state index in [0.717, 1.165) is 118 Å². The fourth-order valence-corrected chi connectivity index (χ4v) is 9.86. The summed E-state index contributed by atoms with van der Waals surface area (Å²) in [4.78, 5) is 2.25. The van der Waals surface area contributed by atoms with Gasteiger partial charge in [0.2, 0.25) is 0 Å². The fraction of sp³-hybridized carbons (Fsp3) is 0. The van der Waals surface area contributed by atoms with E-state index in [2.05, 4.69) is 181 Å². The predicted molar refractivity (Wildman–Crippen MR) is 247 cm³/mol. The summed E-state index contributed by atoms with van der Waals surface area (Å²) in [6.07, 6.45) is 0. The number of rotatable bonds is 5. The van der Waals surface area contributed by atoms with Gasteiger partial charge in [-0.3, -0.25) is 0 Å². The van der Waals surface area contributed by atoms with E-state index in [1.54, 1.807) is 0 Å². The Labute approximate surface area is 354 Å². The maximum atomic E-state index is 7.08. The van der Waals surface area contributed by atoms with Gasteiger partial charge in [-0.25, -0.2) is 0 Å². The predicted octanol–water partition coefficient (Wildman–Crippen LogP) is 9.95. The average Bonchev–Trinajstić information content (AvgIpc) is 3.31. The van der Waals surface area contributed by atoms with E-state index in [9.17, 15) is 0 Å². The van der Waals surface area contributed by atoms with Crippen LogP contribution in [0.3, 0.4) is 0 Å². The van der Waals surface area contributed by atoms with Crippen LogP contribution in [-0.2, 0) is 0 Å². The molecule has 13 rings (SSSR count). The van der Waals surface area contributed by atoms with Crippen molar-refractivity contribution < 1.29 is 18.9 Å². The van der Waals surface area contributed by atoms with Crippen LogP contribution < -0.4 is 56.6 Å². The fourth-order valence-electron chi connectivity index (χ4n) is 9.86. The van der Waals surface area contributed by atoms with Crippen LogP contribution in [0.25, 0.3) is 22.3 Å². The van der Waals surface area contributed by atoms with Crippen molar-refractivity contribution >= 4 is 63.3 Å². The molecule has 0 fully saturated rings. The van der Waals surface area contributed by atoms with Crippen LogP contribution >= 0.6 is 0 Å². The first-order valence-electron chi connectivity index (χ1n) is 20.7. The molecule has 4 heterocycles. The molecule has 0 bridgehead atoms. The zero-order chi connectivity index (χ0) is 40.0. The second-order valence-corrected chi connectivity index (χ2v) is 15.9. The number of ether oxygens (including phenoxy) is 4. The van der Waals surface area contributed by atoms with Crippen LogP contribution in [0.1, 0.15) is 0 Å². The first kappa shape index (κ1) is 34.0. The lowest BCUT2D eigenvalue weighted by atomic mass is 9.31. The third kappa shape index (κ3) is 5.30. The van der Waals surface area contributed by atoms with E-state index in [1.807, 2.05) is 24.3 Å². The van der Waals surface area contributed by atoms with E-state index < -0.39 is 0 Å². The molecule has 0 aliphatic carbocycles. The Morgan fingerprint density at radius 3 is 1.21 bits per heavy atom. The van der Waals surface area contributed by atoms with Crippen LogP contribution in [0, 0.1) is 0 Å². The molecular weight excluding hydrogens is 748 g/mol. The van der Waals surface area contributed by atoms with Gasteiger partial charge < -0.3 is 23.8 Å². The lowest BCUT2D eigenvalue weighted by Crippen LogP contribution is -2.61. The average molecular weight is 781 g/mol. The lowest BCUT2D eigenvalue weighted by molar-refractivity contribution is 0.452. The van der Waals surface area contributed by atoms with E-state index in [0.29, 0.717) is 0 Å². The molecule has 4 aliphatic heterocycles. The standard InChI is InChI=1S/C54H33B2NO4/c1-4-16-34(17-5-1)39-22-10-11-23-40(39)35-28-49-53-50(29-35)60-47-33-48-44(32-43(47)55(53)41-24-12-14-26-45(41)58-49)56-42-25-13-15-27-46(42)59-51-30-38(31-52(61-48)54(51)56)57(36-18-6-2-7-19-36)37-20-8-3-9-21-37/h1-33H. The summed E-state index contributed by atoms with van der Waals surface area (Å²) in [6.45, 7) is -0.251. The molecule has 7 heteroatoms. The Hall–Kier alpha value is -7.89. The van der Waals surface area contributed by atoms with Crippen LogP contribution in [0.5, 0.6) is 46.0 Å². The highest BCUT2D eigenvalue weighted by molar-refractivity contribution is 7.01. The molecule has 0 unspecified atom stereocenters. The van der Waals surface area contributed by atoms with Gasteiger partial charge in [0.15, 0.2) is 0 Å². The summed E-state index contributed by atoms with van der Waals surface area (Å²) in [5.74, 6) is 6.32. The number of para-hydroxylation sites is 4. The first-order chi connectivity index (χ1) is 30.2. The molecule has 0 amide bonds. The van der Waals surface area contributed by atoms with Gasteiger partial charge in [0.25, 0.3) is 13.4 Å². The first-order valence-corrected chi connectivity index (χ1v) is 20.7. The van der Waals surface area contributed by atoms with Crippen molar-refractivity contribution in [2.75, 3.05) is 4.90 Å². The molecule has 0 saturated heterocycles. The highest BCUT2D eigenvalue weighted by atomic mass is 16.5. The van der Waals surface area contributed by atoms with Crippen molar-refractivity contribution in [1.82, 2.24) is 0 Å². The number of nitrogens with zero attached hydrogens (tertiary/aromatic N) is 1. The highest BCUT2D eigenvalue weighted by Gasteiger charge is 2.45. The number of hydrogen-bond acceptors (Lipinski definition) is 5. The molecule has 0 N–H and O–H groups in total. The molecular formula is C54H33B2NO4. The van der Waals surface area contributed by atoms with Crippen molar-refractivity contribution in [3.8, 4) is 68.2 Å². The van der Waals surface area contributed by atoms with E-state index >= 15 is 0 Å². The smallest absolute Gasteiger partial charge is 0.260 e. The monoisotopic (exact) mass is 781 g/mol. The Kier molecular flexibility index (Phi) is 7.43. The van der Waals surface area contributed by atoms with Gasteiger partial charge in [0.05, 0.1) is 5.69 Å². The van der Waals surface area contributed by atoms with Gasteiger partial charge in [-0.05, 0) is 92.6 Å². The second kappa shape index (κ2) is 13.3. The van der Waals surface area contributed by atoms with Gasteiger partial charge in [-0.15, -0.1) is 0 Å². The van der Waals surface area contributed by atoms with Gasteiger partial charge >= 0.3 is 0 Å². The maximum Gasteiger partial charge on any atom is 0.260 e. The largest absolute Gasteiger partial charge is 0.458 e. The van der Waals surface area contributed by atoms with Crippen molar-refractivity contribution in [2.24, 2.45) is 0 Å². The molecule has 5 nitrogen and oxygen atoms in total. The summed E-state index contributed by atoms with van der Waals surface area (Å²) < 4.78 is 27.7. The minimum absolute atomic E-state index is 0.119. The van der Waals surface area contributed by atoms with Gasteiger partial charge in [0, 0.05) is 40.5 Å². The number of benzene rings is 9. The molecule has 284 valence electrons. The minimum Gasteiger partial charge on any atom is -0.458 e.